The van der Waals surface area contributed by atoms with E-state index in [-0.39, 0.29) is 5.91 Å². The fourth-order valence-electron chi connectivity index (χ4n) is 2.97. The van der Waals surface area contributed by atoms with E-state index >= 15 is 0 Å². The summed E-state index contributed by atoms with van der Waals surface area (Å²) < 4.78 is 2.24. The minimum Gasteiger partial charge on any atom is -0.351 e. The molecule has 1 fully saturated rings. The molecule has 1 aromatic heterocycles. The normalized spacial score (nSPS) is 15.4. The van der Waals surface area contributed by atoms with Crippen molar-refractivity contribution in [1.82, 2.24) is 9.99 Å². The number of hydrogen-bond donors (Lipinski definition) is 1. The van der Waals surface area contributed by atoms with Crippen molar-refractivity contribution in [2.75, 3.05) is 0 Å². The van der Waals surface area contributed by atoms with Crippen LogP contribution >= 0.6 is 11.6 Å². The molecule has 3 rings (SSSR count). The Morgan fingerprint density at radius 3 is 2.87 bits per heavy atom. The number of carbonyl (C=O) groups is 1. The van der Waals surface area contributed by atoms with E-state index in [9.17, 15) is 4.79 Å². The molecule has 0 spiro atoms. The zero-order chi connectivity index (χ0) is 16.2. The highest BCUT2D eigenvalue weighted by Gasteiger charge is 2.16. The van der Waals surface area contributed by atoms with Crippen molar-refractivity contribution in [1.29, 1.82) is 0 Å². The topological polar surface area (TPSA) is 46.4 Å². The zero-order valence-electron chi connectivity index (χ0n) is 13.1. The maximum atomic E-state index is 12.1. The summed E-state index contributed by atoms with van der Waals surface area (Å²) in [6.07, 6.45) is 10.9. The largest absolute Gasteiger partial charge is 0.351 e. The molecule has 1 aromatic carbocycles. The number of halogens is 1. The van der Waals surface area contributed by atoms with Crippen molar-refractivity contribution in [2.24, 2.45) is 5.10 Å². The summed E-state index contributed by atoms with van der Waals surface area (Å²) in [6.45, 7) is 1.93. The van der Waals surface area contributed by atoms with Crippen molar-refractivity contribution < 1.29 is 4.79 Å². The van der Waals surface area contributed by atoms with Gasteiger partial charge in [0, 0.05) is 24.0 Å². The number of benzene rings is 1. The number of aryl methyl sites for hydroxylation is 1. The van der Waals surface area contributed by atoms with Gasteiger partial charge in [-0.2, -0.15) is 5.10 Å². The molecule has 0 saturated heterocycles. The molecule has 1 saturated carbocycles. The van der Waals surface area contributed by atoms with E-state index in [0.717, 1.165) is 11.1 Å². The second kappa shape index (κ2) is 7.01. The molecule has 0 unspecified atom stereocenters. The summed E-state index contributed by atoms with van der Waals surface area (Å²) in [4.78, 5) is 12.1. The predicted octanol–water partition coefficient (Wildman–Crippen LogP) is 4.33. The molecule has 1 N–H and O–H groups in total. The summed E-state index contributed by atoms with van der Waals surface area (Å²) in [6, 6.07) is 7.94. The Labute approximate surface area is 141 Å². The molecule has 120 valence electrons. The molecule has 0 radical (unpaired) electrons. The maximum absolute atomic E-state index is 12.1. The summed E-state index contributed by atoms with van der Waals surface area (Å²) >= 11 is 6.08. The van der Waals surface area contributed by atoms with Crippen LogP contribution in [0.3, 0.4) is 0 Å². The number of carbonyl (C=O) groups excluding carboxylic acids is 1. The standard InChI is InChI=1S/C18H20ClN3O/c1-13-6-7-16(17(19)10-13)18(23)21-20-11-14-8-9-22(12-14)15-4-2-3-5-15/h6-12,15H,2-5H2,1H3,(H,21,23)/b20-11-. The van der Waals surface area contributed by atoms with E-state index in [1.807, 2.05) is 19.1 Å². The van der Waals surface area contributed by atoms with Crippen LogP contribution in [-0.2, 0) is 0 Å². The lowest BCUT2D eigenvalue weighted by Gasteiger charge is -2.10. The van der Waals surface area contributed by atoms with Gasteiger partial charge in [-0.25, -0.2) is 5.43 Å². The maximum Gasteiger partial charge on any atom is 0.272 e. The molecule has 1 heterocycles. The lowest BCUT2D eigenvalue weighted by molar-refractivity contribution is 0.0955. The second-order valence-electron chi connectivity index (χ2n) is 6.01. The van der Waals surface area contributed by atoms with Crippen LogP contribution in [0.2, 0.25) is 5.02 Å². The van der Waals surface area contributed by atoms with E-state index in [1.165, 1.54) is 25.7 Å². The van der Waals surface area contributed by atoms with Gasteiger partial charge >= 0.3 is 0 Å². The number of hydrogen-bond acceptors (Lipinski definition) is 2. The molecule has 1 aliphatic carbocycles. The molecule has 2 aromatic rings. The number of nitrogens with zero attached hydrogens (tertiary/aromatic N) is 2. The second-order valence-corrected chi connectivity index (χ2v) is 6.42. The molecular formula is C18H20ClN3O. The van der Waals surface area contributed by atoms with E-state index in [1.54, 1.807) is 18.3 Å². The van der Waals surface area contributed by atoms with Crippen molar-refractivity contribution in [3.63, 3.8) is 0 Å². The lowest BCUT2D eigenvalue weighted by Crippen LogP contribution is -2.18. The van der Waals surface area contributed by atoms with E-state index in [4.69, 9.17) is 11.6 Å². The first-order chi connectivity index (χ1) is 11.1. The van der Waals surface area contributed by atoms with Gasteiger partial charge in [-0.3, -0.25) is 4.79 Å². The van der Waals surface area contributed by atoms with Crippen molar-refractivity contribution in [2.45, 2.75) is 38.6 Å². The number of amides is 1. The molecule has 0 bridgehead atoms. The van der Waals surface area contributed by atoms with Gasteiger partial charge in [0.15, 0.2) is 0 Å². The Balaban J connectivity index is 1.61. The number of nitrogens with one attached hydrogen (secondary N) is 1. The first-order valence-electron chi connectivity index (χ1n) is 7.90. The summed E-state index contributed by atoms with van der Waals surface area (Å²) in [5, 5.41) is 4.46. The highest BCUT2D eigenvalue weighted by molar-refractivity contribution is 6.33. The monoisotopic (exact) mass is 329 g/mol. The van der Waals surface area contributed by atoms with Crippen LogP contribution in [0.5, 0.6) is 0 Å². The first-order valence-corrected chi connectivity index (χ1v) is 8.28. The van der Waals surface area contributed by atoms with Gasteiger partial charge in [0.05, 0.1) is 16.8 Å². The van der Waals surface area contributed by atoms with Crippen molar-refractivity contribution in [3.8, 4) is 0 Å². The summed E-state index contributed by atoms with van der Waals surface area (Å²) in [7, 11) is 0. The molecule has 4 nitrogen and oxygen atoms in total. The quantitative estimate of drug-likeness (QED) is 0.658. The number of aromatic nitrogens is 1. The molecule has 23 heavy (non-hydrogen) atoms. The van der Waals surface area contributed by atoms with Crippen LogP contribution in [0.4, 0.5) is 0 Å². The van der Waals surface area contributed by atoms with E-state index in [0.29, 0.717) is 16.6 Å². The average Bonchev–Trinajstić information content (AvgIpc) is 3.18. The van der Waals surface area contributed by atoms with Crippen LogP contribution in [-0.4, -0.2) is 16.7 Å². The SMILES string of the molecule is Cc1ccc(C(=O)N/N=C\c2ccn(C3CCCC3)c2)c(Cl)c1. The minimum absolute atomic E-state index is 0.304. The molecule has 0 aliphatic heterocycles. The highest BCUT2D eigenvalue weighted by atomic mass is 35.5. The third kappa shape index (κ3) is 3.82. The van der Waals surface area contributed by atoms with Gasteiger partial charge in [-0.15, -0.1) is 0 Å². The summed E-state index contributed by atoms with van der Waals surface area (Å²) in [5.74, 6) is -0.304. The van der Waals surface area contributed by atoms with Gasteiger partial charge in [0.2, 0.25) is 0 Å². The first kappa shape index (κ1) is 15.8. The van der Waals surface area contributed by atoms with Gasteiger partial charge in [-0.1, -0.05) is 30.5 Å². The van der Waals surface area contributed by atoms with Crippen LogP contribution in [0.1, 0.15) is 53.2 Å². The van der Waals surface area contributed by atoms with Crippen LogP contribution in [0, 0.1) is 6.92 Å². The molecule has 1 aliphatic rings. The fraction of sp³-hybridized carbons (Fsp3) is 0.333. The molecule has 0 atom stereocenters. The predicted molar refractivity (Wildman–Crippen MR) is 93.2 cm³/mol. The Morgan fingerprint density at radius 2 is 2.13 bits per heavy atom. The van der Waals surface area contributed by atoms with Gasteiger partial charge in [0.1, 0.15) is 0 Å². The Morgan fingerprint density at radius 1 is 1.35 bits per heavy atom. The van der Waals surface area contributed by atoms with Crippen molar-refractivity contribution in [3.05, 3.63) is 58.4 Å². The Hall–Kier alpha value is -2.07. The fourth-order valence-corrected chi connectivity index (χ4v) is 3.29. The zero-order valence-corrected chi connectivity index (χ0v) is 13.9. The van der Waals surface area contributed by atoms with E-state index in [2.05, 4.69) is 27.5 Å². The Kier molecular flexibility index (Phi) is 4.82. The van der Waals surface area contributed by atoms with Gasteiger partial charge < -0.3 is 4.57 Å². The number of rotatable bonds is 4. The molecule has 5 heteroatoms. The van der Waals surface area contributed by atoms with Crippen LogP contribution < -0.4 is 5.43 Å². The third-order valence-corrected chi connectivity index (χ3v) is 4.55. The molecule has 1 amide bonds. The lowest BCUT2D eigenvalue weighted by atomic mass is 10.1. The average molecular weight is 330 g/mol. The molecular weight excluding hydrogens is 310 g/mol. The third-order valence-electron chi connectivity index (χ3n) is 4.23. The highest BCUT2D eigenvalue weighted by Crippen LogP contribution is 2.29. The summed E-state index contributed by atoms with van der Waals surface area (Å²) in [5.41, 5.74) is 4.95. The van der Waals surface area contributed by atoms with E-state index < -0.39 is 0 Å². The van der Waals surface area contributed by atoms with Crippen LogP contribution in [0.25, 0.3) is 0 Å². The Bertz CT molecular complexity index is 730. The minimum atomic E-state index is -0.304. The smallest absolute Gasteiger partial charge is 0.272 e. The van der Waals surface area contributed by atoms with Gasteiger partial charge in [0.25, 0.3) is 5.91 Å². The van der Waals surface area contributed by atoms with Crippen molar-refractivity contribution >= 4 is 23.7 Å². The van der Waals surface area contributed by atoms with Gasteiger partial charge in [-0.05, 0) is 43.5 Å². The van der Waals surface area contributed by atoms with Crippen LogP contribution in [0.15, 0.2) is 41.8 Å². The number of hydrazone groups is 1.